The van der Waals surface area contributed by atoms with Gasteiger partial charge in [-0.05, 0) is 35.6 Å². The Kier molecular flexibility index (Phi) is 4.35. The quantitative estimate of drug-likeness (QED) is 0.745. The van der Waals surface area contributed by atoms with Crippen molar-refractivity contribution in [2.24, 2.45) is 0 Å². The van der Waals surface area contributed by atoms with Crippen LogP contribution in [0, 0.1) is 0 Å². The van der Waals surface area contributed by atoms with Crippen molar-refractivity contribution >= 4 is 26.5 Å². The molecule has 0 saturated carbocycles. The molecule has 3 aromatic carbocycles. The summed E-state index contributed by atoms with van der Waals surface area (Å²) >= 11 is 0. The third kappa shape index (κ3) is 3.37. The van der Waals surface area contributed by atoms with Crippen LogP contribution in [0.5, 0.6) is 0 Å². The lowest BCUT2D eigenvalue weighted by atomic mass is 10.1. The van der Waals surface area contributed by atoms with Gasteiger partial charge >= 0.3 is 0 Å². The van der Waals surface area contributed by atoms with Crippen LogP contribution in [-0.2, 0) is 16.4 Å². The van der Waals surface area contributed by atoms with Gasteiger partial charge in [0.1, 0.15) is 0 Å². The monoisotopic (exact) mass is 325 g/mol. The first-order chi connectivity index (χ1) is 11.1. The third-order valence-corrected chi connectivity index (χ3v) is 5.19. The summed E-state index contributed by atoms with van der Waals surface area (Å²) in [5.74, 6) is 0. The number of nitrogens with one attached hydrogen (secondary N) is 1. The Balaban J connectivity index is 1.93. The van der Waals surface area contributed by atoms with E-state index in [1.54, 1.807) is 18.2 Å². The molecule has 0 aliphatic rings. The van der Waals surface area contributed by atoms with Gasteiger partial charge in [-0.1, -0.05) is 61.9 Å². The first-order valence-corrected chi connectivity index (χ1v) is 9.18. The lowest BCUT2D eigenvalue weighted by molar-refractivity contribution is 0.601. The molecule has 0 heterocycles. The van der Waals surface area contributed by atoms with Crippen LogP contribution in [0.25, 0.3) is 10.8 Å². The molecule has 3 aromatic rings. The second-order valence-electron chi connectivity index (χ2n) is 5.53. The fourth-order valence-corrected chi connectivity index (χ4v) is 3.72. The average molecular weight is 325 g/mol. The fourth-order valence-electron chi connectivity index (χ4n) is 2.64. The molecule has 0 aliphatic carbocycles. The lowest BCUT2D eigenvalue weighted by Gasteiger charge is -2.11. The van der Waals surface area contributed by atoms with E-state index in [-0.39, 0.29) is 4.90 Å². The second kappa shape index (κ2) is 6.42. The fraction of sp³-hybridized carbons (Fsp3) is 0.158. The van der Waals surface area contributed by atoms with E-state index in [4.69, 9.17) is 0 Å². The molecule has 0 fully saturated rings. The normalized spacial score (nSPS) is 11.5. The highest BCUT2D eigenvalue weighted by molar-refractivity contribution is 7.92. The molecule has 23 heavy (non-hydrogen) atoms. The van der Waals surface area contributed by atoms with E-state index in [2.05, 4.69) is 11.6 Å². The SMILES string of the molecule is CCCc1ccc(S(=O)(=O)Nc2cccc3ccccc23)cc1. The first kappa shape index (κ1) is 15.6. The number of sulfonamides is 1. The van der Waals surface area contributed by atoms with Crippen molar-refractivity contribution in [3.05, 3.63) is 72.3 Å². The van der Waals surface area contributed by atoms with Crippen molar-refractivity contribution < 1.29 is 8.42 Å². The van der Waals surface area contributed by atoms with Crippen molar-refractivity contribution in [1.29, 1.82) is 0 Å². The van der Waals surface area contributed by atoms with E-state index < -0.39 is 10.0 Å². The van der Waals surface area contributed by atoms with Crippen molar-refractivity contribution in [2.45, 2.75) is 24.7 Å². The smallest absolute Gasteiger partial charge is 0.261 e. The zero-order chi connectivity index (χ0) is 16.3. The zero-order valence-electron chi connectivity index (χ0n) is 13.0. The number of fused-ring (bicyclic) bond motifs is 1. The summed E-state index contributed by atoms with van der Waals surface area (Å²) in [4.78, 5) is 0.283. The van der Waals surface area contributed by atoms with E-state index in [0.717, 1.165) is 29.2 Å². The summed E-state index contributed by atoms with van der Waals surface area (Å²) in [5.41, 5.74) is 1.75. The van der Waals surface area contributed by atoms with E-state index in [1.165, 1.54) is 0 Å². The van der Waals surface area contributed by atoms with Gasteiger partial charge in [-0.2, -0.15) is 0 Å². The predicted molar refractivity (Wildman–Crippen MR) is 95.2 cm³/mol. The lowest BCUT2D eigenvalue weighted by Crippen LogP contribution is -2.13. The molecule has 0 amide bonds. The summed E-state index contributed by atoms with van der Waals surface area (Å²) in [6, 6.07) is 20.4. The molecule has 1 N–H and O–H groups in total. The van der Waals surface area contributed by atoms with Gasteiger partial charge in [0, 0.05) is 5.39 Å². The van der Waals surface area contributed by atoms with E-state index >= 15 is 0 Å². The van der Waals surface area contributed by atoms with Crippen LogP contribution in [0.4, 0.5) is 5.69 Å². The largest absolute Gasteiger partial charge is 0.279 e. The van der Waals surface area contributed by atoms with Crippen LogP contribution >= 0.6 is 0 Å². The molecule has 0 radical (unpaired) electrons. The number of aryl methyl sites for hydroxylation is 1. The summed E-state index contributed by atoms with van der Waals surface area (Å²) in [6.07, 6.45) is 2.00. The van der Waals surface area contributed by atoms with E-state index in [9.17, 15) is 8.42 Å². The number of rotatable bonds is 5. The van der Waals surface area contributed by atoms with Crippen molar-refractivity contribution in [2.75, 3.05) is 4.72 Å². The van der Waals surface area contributed by atoms with Gasteiger partial charge < -0.3 is 0 Å². The second-order valence-corrected chi connectivity index (χ2v) is 7.21. The van der Waals surface area contributed by atoms with Gasteiger partial charge in [-0.25, -0.2) is 8.42 Å². The Morgan fingerprint density at radius 3 is 2.30 bits per heavy atom. The maximum absolute atomic E-state index is 12.6. The van der Waals surface area contributed by atoms with Crippen LogP contribution < -0.4 is 4.72 Å². The van der Waals surface area contributed by atoms with E-state index in [1.807, 2.05) is 48.5 Å². The average Bonchev–Trinajstić information content (AvgIpc) is 2.56. The Morgan fingerprint density at radius 1 is 0.870 bits per heavy atom. The molecule has 0 atom stereocenters. The molecule has 0 aromatic heterocycles. The summed E-state index contributed by atoms with van der Waals surface area (Å²) in [6.45, 7) is 2.10. The summed E-state index contributed by atoms with van der Waals surface area (Å²) in [7, 11) is -3.59. The molecule has 3 nitrogen and oxygen atoms in total. The first-order valence-electron chi connectivity index (χ1n) is 7.69. The van der Waals surface area contributed by atoms with Gasteiger partial charge in [0.2, 0.25) is 0 Å². The minimum atomic E-state index is -3.59. The Bertz CT molecular complexity index is 910. The number of benzene rings is 3. The highest BCUT2D eigenvalue weighted by Gasteiger charge is 2.15. The summed E-state index contributed by atoms with van der Waals surface area (Å²) in [5, 5.41) is 1.90. The molecule has 118 valence electrons. The van der Waals surface area contributed by atoms with Crippen LogP contribution in [0.1, 0.15) is 18.9 Å². The Labute approximate surface area is 137 Å². The van der Waals surface area contributed by atoms with Crippen molar-refractivity contribution in [3.63, 3.8) is 0 Å². The minimum Gasteiger partial charge on any atom is -0.279 e. The molecule has 3 rings (SSSR count). The van der Waals surface area contributed by atoms with Crippen LogP contribution in [0.15, 0.2) is 71.6 Å². The number of hydrogen-bond acceptors (Lipinski definition) is 2. The van der Waals surface area contributed by atoms with Crippen molar-refractivity contribution in [1.82, 2.24) is 0 Å². The number of anilines is 1. The van der Waals surface area contributed by atoms with Crippen LogP contribution in [0.2, 0.25) is 0 Å². The topological polar surface area (TPSA) is 46.2 Å². The maximum Gasteiger partial charge on any atom is 0.261 e. The highest BCUT2D eigenvalue weighted by Crippen LogP contribution is 2.25. The molecular weight excluding hydrogens is 306 g/mol. The molecule has 0 spiro atoms. The van der Waals surface area contributed by atoms with Crippen molar-refractivity contribution in [3.8, 4) is 0 Å². The molecule has 0 bridgehead atoms. The standard InChI is InChI=1S/C19H19NO2S/c1-2-6-15-11-13-17(14-12-15)23(21,22)20-19-10-5-8-16-7-3-4-9-18(16)19/h3-5,7-14,20H,2,6H2,1H3. The third-order valence-electron chi connectivity index (χ3n) is 3.81. The zero-order valence-corrected chi connectivity index (χ0v) is 13.8. The van der Waals surface area contributed by atoms with Gasteiger partial charge in [0.25, 0.3) is 10.0 Å². The molecule has 4 heteroatoms. The minimum absolute atomic E-state index is 0.283. The van der Waals surface area contributed by atoms with Gasteiger partial charge in [0.05, 0.1) is 10.6 Å². The van der Waals surface area contributed by atoms with Crippen LogP contribution in [-0.4, -0.2) is 8.42 Å². The molecule has 0 saturated heterocycles. The number of hydrogen-bond donors (Lipinski definition) is 1. The van der Waals surface area contributed by atoms with E-state index in [0.29, 0.717) is 5.69 Å². The van der Waals surface area contributed by atoms with Gasteiger partial charge in [-0.15, -0.1) is 0 Å². The molecular formula is C19H19NO2S. The Hall–Kier alpha value is -2.33. The van der Waals surface area contributed by atoms with Gasteiger partial charge in [0.15, 0.2) is 0 Å². The van der Waals surface area contributed by atoms with Crippen LogP contribution in [0.3, 0.4) is 0 Å². The summed E-state index contributed by atoms with van der Waals surface area (Å²) < 4.78 is 27.9. The molecule has 0 unspecified atom stereocenters. The predicted octanol–water partition coefficient (Wildman–Crippen LogP) is 4.59. The van der Waals surface area contributed by atoms with Gasteiger partial charge in [-0.3, -0.25) is 4.72 Å². The highest BCUT2D eigenvalue weighted by atomic mass is 32.2. The Morgan fingerprint density at radius 2 is 1.57 bits per heavy atom. The maximum atomic E-state index is 12.6. The molecule has 0 aliphatic heterocycles.